The van der Waals surface area contributed by atoms with Gasteiger partial charge in [-0.1, -0.05) is 155 Å². The molecular formula is C47H72O2S3Si. The van der Waals surface area contributed by atoms with Crippen molar-refractivity contribution in [3.05, 3.63) is 61.2 Å². The van der Waals surface area contributed by atoms with Crippen molar-refractivity contribution in [1.82, 2.24) is 0 Å². The number of allylic oxidation sites excluding steroid dienone is 6. The summed E-state index contributed by atoms with van der Waals surface area (Å²) in [4.78, 5) is 6.66. The van der Waals surface area contributed by atoms with Crippen LogP contribution in [0.4, 0.5) is 0 Å². The number of rotatable bonds is 26. The predicted octanol–water partition coefficient (Wildman–Crippen LogP) is 15.0. The van der Waals surface area contributed by atoms with E-state index in [0.717, 1.165) is 48.1 Å². The van der Waals surface area contributed by atoms with Crippen LogP contribution in [0.1, 0.15) is 192 Å². The monoisotopic (exact) mass is 792 g/mol. The average Bonchev–Trinajstić information content (AvgIpc) is 3.93. The molecule has 294 valence electrons. The summed E-state index contributed by atoms with van der Waals surface area (Å²) < 4.78 is 29.9. The maximum Gasteiger partial charge on any atom is 0.208 e. The first-order valence-electron chi connectivity index (χ1n) is 22.1. The first-order chi connectivity index (χ1) is 25.7. The van der Waals surface area contributed by atoms with Gasteiger partial charge in [0.1, 0.15) is 8.07 Å². The maximum atomic E-state index is 15.0. The van der Waals surface area contributed by atoms with Gasteiger partial charge in [0.15, 0.2) is 0 Å². The lowest BCUT2D eigenvalue weighted by Crippen LogP contribution is -2.54. The molecule has 0 aromatic carbocycles. The molecule has 4 heterocycles. The van der Waals surface area contributed by atoms with Gasteiger partial charge in [-0.25, -0.2) is 8.42 Å². The highest BCUT2D eigenvalue weighted by atomic mass is 32.2. The Hall–Kier alpha value is -1.47. The summed E-state index contributed by atoms with van der Waals surface area (Å²) in [5, 5.41) is 3.29. The van der Waals surface area contributed by atoms with Gasteiger partial charge in [-0.15, -0.1) is 22.7 Å². The van der Waals surface area contributed by atoms with Crippen molar-refractivity contribution in [2.75, 3.05) is 0 Å². The fourth-order valence-electron chi connectivity index (χ4n) is 9.33. The van der Waals surface area contributed by atoms with E-state index >= 15 is 0 Å². The first-order valence-corrected chi connectivity index (χ1v) is 27.6. The van der Waals surface area contributed by atoms with Crippen LogP contribution in [0.3, 0.4) is 0 Å². The first kappa shape index (κ1) is 42.7. The third-order valence-electron chi connectivity index (χ3n) is 12.4. The van der Waals surface area contributed by atoms with Gasteiger partial charge in [0.2, 0.25) is 9.84 Å². The van der Waals surface area contributed by atoms with Crippen LogP contribution in [0.15, 0.2) is 51.5 Å². The summed E-state index contributed by atoms with van der Waals surface area (Å²) in [6.07, 6.45) is 32.6. The zero-order chi connectivity index (χ0) is 37.8. The lowest BCUT2D eigenvalue weighted by molar-refractivity contribution is 0.612. The molecule has 0 saturated carbocycles. The molecule has 2 aliphatic heterocycles. The highest BCUT2D eigenvalue weighted by molar-refractivity contribution is 8.05. The molecule has 0 amide bonds. The highest BCUT2D eigenvalue weighted by Crippen LogP contribution is 2.50. The van der Waals surface area contributed by atoms with E-state index in [1.54, 1.807) is 10.4 Å². The summed E-state index contributed by atoms with van der Waals surface area (Å²) in [6, 6.07) is 7.67. The van der Waals surface area contributed by atoms with E-state index in [0.29, 0.717) is 9.81 Å². The second-order valence-electron chi connectivity index (χ2n) is 16.7. The molecule has 0 saturated heterocycles. The van der Waals surface area contributed by atoms with E-state index in [9.17, 15) is 8.42 Å². The van der Waals surface area contributed by atoms with E-state index in [1.165, 1.54) is 153 Å². The normalized spacial score (nSPS) is 17.2. The molecular weight excluding hydrogens is 721 g/mol. The van der Waals surface area contributed by atoms with Crippen LogP contribution in [-0.4, -0.2) is 16.5 Å². The molecule has 0 N–H and O–H groups in total. The van der Waals surface area contributed by atoms with Crippen molar-refractivity contribution >= 4 is 55.9 Å². The molecule has 3 aliphatic rings. The summed E-state index contributed by atoms with van der Waals surface area (Å²) in [7, 11) is -5.65. The van der Waals surface area contributed by atoms with Gasteiger partial charge < -0.3 is 0 Å². The fraction of sp³-hybridized carbons (Fsp3) is 0.660. The Morgan fingerprint density at radius 3 is 1.66 bits per heavy atom. The van der Waals surface area contributed by atoms with E-state index in [1.807, 2.05) is 22.7 Å². The quantitative estimate of drug-likeness (QED) is 0.0702. The fourth-order valence-corrected chi connectivity index (χ4v) is 20.9. The molecule has 2 aromatic rings. The second kappa shape index (κ2) is 20.6. The average molecular weight is 793 g/mol. The second-order valence-corrected chi connectivity index (χ2v) is 25.1. The highest BCUT2D eigenvalue weighted by Gasteiger charge is 2.48. The summed E-state index contributed by atoms with van der Waals surface area (Å²) >= 11 is 3.82. The Kier molecular flexibility index (Phi) is 16.6. The summed E-state index contributed by atoms with van der Waals surface area (Å²) in [5.74, 6) is 0. The van der Waals surface area contributed by atoms with Gasteiger partial charge >= 0.3 is 0 Å². The zero-order valence-corrected chi connectivity index (χ0v) is 38.0. The van der Waals surface area contributed by atoms with Crippen LogP contribution >= 0.6 is 22.7 Å². The van der Waals surface area contributed by atoms with Crippen LogP contribution in [-0.2, 0) is 9.84 Å². The van der Waals surface area contributed by atoms with Gasteiger partial charge in [0, 0.05) is 19.5 Å². The van der Waals surface area contributed by atoms with E-state index in [4.69, 9.17) is 0 Å². The molecule has 0 fully saturated rings. The van der Waals surface area contributed by atoms with Crippen molar-refractivity contribution in [3.8, 4) is 9.75 Å². The number of sulfone groups is 1. The number of fused-ring (bicyclic) bond motifs is 3. The third kappa shape index (κ3) is 10.1. The van der Waals surface area contributed by atoms with Crippen LogP contribution in [0.2, 0.25) is 12.1 Å². The Bertz CT molecular complexity index is 1730. The summed E-state index contributed by atoms with van der Waals surface area (Å²) in [5.41, 5.74) is 4.85. The molecule has 0 spiro atoms. The number of hydrogen-bond donors (Lipinski definition) is 0. The molecule has 53 heavy (non-hydrogen) atoms. The Morgan fingerprint density at radius 1 is 0.585 bits per heavy atom. The minimum Gasteiger partial charge on any atom is -0.218 e. The molecule has 0 unspecified atom stereocenters. The van der Waals surface area contributed by atoms with Crippen molar-refractivity contribution in [2.24, 2.45) is 0 Å². The van der Waals surface area contributed by atoms with Crippen molar-refractivity contribution in [1.29, 1.82) is 0 Å². The standard InChI is InChI=1S/C47H72O2S3Si/c1-7-11-15-19-21-25-29-53(30-26-22-20-16-12-8-2)43-32-37(6)50-45(43)46-44(53)35-41(51-46)47-39(28-24-18-14-10-4)34-42(52(47,48)49)40-31-36(5)38(33-40)27-23-17-13-9-3/h32-35H,7-31H2,1-6H3. The van der Waals surface area contributed by atoms with Crippen molar-refractivity contribution in [2.45, 2.75) is 201 Å². The van der Waals surface area contributed by atoms with Crippen LogP contribution in [0.25, 0.3) is 14.7 Å². The van der Waals surface area contributed by atoms with Gasteiger partial charge in [0.05, 0.1) is 9.81 Å². The molecule has 2 aromatic heterocycles. The third-order valence-corrected chi connectivity index (χ3v) is 22.5. The number of hydrogen-bond acceptors (Lipinski definition) is 4. The minimum atomic E-state index is -3.61. The lowest BCUT2D eigenvalue weighted by Gasteiger charge is -2.29. The number of thiophene rings is 2. The minimum absolute atomic E-state index is 0.602. The Labute approximate surface area is 334 Å². The smallest absolute Gasteiger partial charge is 0.208 e. The number of aryl methyl sites for hydroxylation is 1. The molecule has 0 atom stereocenters. The topological polar surface area (TPSA) is 34.1 Å². The largest absolute Gasteiger partial charge is 0.218 e. The van der Waals surface area contributed by atoms with E-state index in [-0.39, 0.29) is 0 Å². The van der Waals surface area contributed by atoms with Gasteiger partial charge in [-0.05, 0) is 103 Å². The van der Waals surface area contributed by atoms with Crippen molar-refractivity contribution in [3.63, 3.8) is 0 Å². The molecule has 2 nitrogen and oxygen atoms in total. The SMILES string of the molecule is CCCCCCCC[Si]1(CCCCCCCC)c2cc(C)sc2-c2sc(C3=C(CCCCCC)C=C(C4=CC(CCCCCC)=C(C)C4)S3(=O)=O)cc21. The molecule has 1 aliphatic carbocycles. The molecule has 0 radical (unpaired) electrons. The lowest BCUT2D eigenvalue weighted by atomic mass is 10.0. The van der Waals surface area contributed by atoms with E-state index in [2.05, 4.69) is 65.8 Å². The van der Waals surface area contributed by atoms with Gasteiger partial charge in [0.25, 0.3) is 0 Å². The van der Waals surface area contributed by atoms with Crippen LogP contribution < -0.4 is 10.4 Å². The molecule has 6 heteroatoms. The predicted molar refractivity (Wildman–Crippen MR) is 241 cm³/mol. The molecule has 0 bridgehead atoms. The van der Waals surface area contributed by atoms with Gasteiger partial charge in [-0.2, -0.15) is 0 Å². The molecule has 5 rings (SSSR count). The number of unbranched alkanes of at least 4 members (excludes halogenated alkanes) is 16. The maximum absolute atomic E-state index is 15.0. The van der Waals surface area contributed by atoms with Crippen LogP contribution in [0.5, 0.6) is 0 Å². The van der Waals surface area contributed by atoms with Crippen LogP contribution in [0, 0.1) is 6.92 Å². The van der Waals surface area contributed by atoms with Gasteiger partial charge in [-0.3, -0.25) is 0 Å². The van der Waals surface area contributed by atoms with E-state index < -0.39 is 17.9 Å². The zero-order valence-electron chi connectivity index (χ0n) is 34.5. The Balaban J connectivity index is 1.50. The summed E-state index contributed by atoms with van der Waals surface area (Å²) in [6.45, 7) is 13.6. The van der Waals surface area contributed by atoms with Crippen molar-refractivity contribution < 1.29 is 8.42 Å². The Morgan fingerprint density at radius 2 is 1.08 bits per heavy atom.